The molecule has 0 bridgehead atoms. The molecule has 0 saturated heterocycles. The van der Waals surface area contributed by atoms with E-state index >= 15 is 0 Å². The Hall–Kier alpha value is -0.353. The molecule has 0 aromatic carbocycles. The molecule has 0 radical (unpaired) electrons. The largest absolute Gasteiger partial charge is 0.380 e. The van der Waals surface area contributed by atoms with Crippen LogP contribution in [-0.4, -0.2) is 38.1 Å². The van der Waals surface area contributed by atoms with Crippen molar-refractivity contribution in [3.05, 3.63) is 0 Å². The van der Waals surface area contributed by atoms with Crippen molar-refractivity contribution in [3.8, 4) is 0 Å². The van der Waals surface area contributed by atoms with Crippen LogP contribution in [0.25, 0.3) is 0 Å². The summed E-state index contributed by atoms with van der Waals surface area (Å²) in [5, 5.41) is 9.52. The average Bonchev–Trinajstić information content (AvgIpc) is 2.01. The zero-order chi connectivity index (χ0) is 9.07. The number of hydrogen-bond donors (Lipinski definition) is 1. The van der Waals surface area contributed by atoms with Crippen molar-refractivity contribution < 1.29 is 9.90 Å². The van der Waals surface area contributed by atoms with E-state index in [2.05, 4.69) is 0 Å². The number of carbonyl (C=O) groups is 1. The minimum atomic E-state index is -1.16. The van der Waals surface area contributed by atoms with Crippen LogP contribution in [0.5, 0.6) is 0 Å². The summed E-state index contributed by atoms with van der Waals surface area (Å²) in [5.74, 6) is -0.144. The van der Waals surface area contributed by atoms with Crippen LogP contribution in [0.3, 0.4) is 0 Å². The highest BCUT2D eigenvalue weighted by atomic mass is 28.2. The molecule has 4 heteroatoms. The Kier molecular flexibility index (Phi) is 3.75. The topological polar surface area (TPSA) is 40.5 Å². The second-order valence-corrected chi connectivity index (χ2v) is 4.03. The summed E-state index contributed by atoms with van der Waals surface area (Å²) in [5.41, 5.74) is -1.16. The van der Waals surface area contributed by atoms with Gasteiger partial charge in [0.2, 0.25) is 5.91 Å². The number of hydrogen-bond acceptors (Lipinski definition) is 2. The smallest absolute Gasteiger partial charge is 0.245 e. The van der Waals surface area contributed by atoms with Gasteiger partial charge in [-0.3, -0.25) is 4.79 Å². The molecule has 0 aliphatic heterocycles. The summed E-state index contributed by atoms with van der Waals surface area (Å²) in [7, 11) is 0.683. The van der Waals surface area contributed by atoms with Crippen LogP contribution < -0.4 is 0 Å². The van der Waals surface area contributed by atoms with E-state index in [0.717, 1.165) is 0 Å². The minimum absolute atomic E-state index is 0.144. The van der Waals surface area contributed by atoms with Crippen molar-refractivity contribution in [2.75, 3.05) is 6.54 Å². The monoisotopic (exact) mass is 175 g/mol. The molecule has 0 fully saturated rings. The normalized spacial score (nSPS) is 16.0. The molecule has 0 spiro atoms. The number of aliphatic hydroxyl groups is 1. The van der Waals surface area contributed by atoms with Gasteiger partial charge in [0, 0.05) is 6.54 Å². The molecule has 66 valence electrons. The van der Waals surface area contributed by atoms with Gasteiger partial charge in [-0.15, -0.1) is 0 Å². The number of amides is 1. The quantitative estimate of drug-likeness (QED) is 0.575. The Bertz CT molecular complexity index is 147. The number of rotatable bonds is 3. The molecule has 11 heavy (non-hydrogen) atoms. The maximum absolute atomic E-state index is 11.3. The first-order chi connectivity index (χ1) is 4.95. The van der Waals surface area contributed by atoms with Crippen LogP contribution in [0.15, 0.2) is 0 Å². The molecule has 0 aromatic heterocycles. The predicted molar refractivity (Wildman–Crippen MR) is 48.2 cm³/mol. The van der Waals surface area contributed by atoms with Gasteiger partial charge in [-0.2, -0.15) is 0 Å². The van der Waals surface area contributed by atoms with Gasteiger partial charge in [-0.25, -0.2) is 0 Å². The van der Waals surface area contributed by atoms with Crippen molar-refractivity contribution in [2.45, 2.75) is 32.8 Å². The molecule has 0 rings (SSSR count). The fourth-order valence-electron chi connectivity index (χ4n) is 0.706. The first-order valence-electron chi connectivity index (χ1n) is 3.93. The summed E-state index contributed by atoms with van der Waals surface area (Å²) in [6, 6.07) is 0. The fourth-order valence-corrected chi connectivity index (χ4v) is 1.19. The Labute approximate surface area is 70.9 Å². The van der Waals surface area contributed by atoms with Crippen LogP contribution in [-0.2, 0) is 4.79 Å². The SMILES string of the molecule is CCN([SiH3])C(=O)C(C)(O)CC. The summed E-state index contributed by atoms with van der Waals surface area (Å²) < 4.78 is 1.66. The molecule has 1 atom stereocenters. The van der Waals surface area contributed by atoms with Crippen LogP contribution >= 0.6 is 0 Å². The highest BCUT2D eigenvalue weighted by Crippen LogP contribution is 2.10. The summed E-state index contributed by atoms with van der Waals surface area (Å²) >= 11 is 0. The summed E-state index contributed by atoms with van der Waals surface area (Å²) in [4.78, 5) is 11.3. The lowest BCUT2D eigenvalue weighted by molar-refractivity contribution is -0.144. The zero-order valence-corrected chi connectivity index (χ0v) is 9.72. The summed E-state index contributed by atoms with van der Waals surface area (Å²) in [6.07, 6.45) is 0.477. The summed E-state index contributed by atoms with van der Waals surface area (Å²) in [6.45, 7) is 5.98. The molecule has 0 saturated carbocycles. The molecule has 1 unspecified atom stereocenters. The van der Waals surface area contributed by atoms with Crippen molar-refractivity contribution in [1.82, 2.24) is 4.57 Å². The van der Waals surface area contributed by atoms with Gasteiger partial charge in [-0.1, -0.05) is 6.92 Å². The van der Waals surface area contributed by atoms with E-state index in [4.69, 9.17) is 0 Å². The van der Waals surface area contributed by atoms with Gasteiger partial charge in [0.25, 0.3) is 0 Å². The predicted octanol–water partition coefficient (Wildman–Crippen LogP) is -0.724. The maximum Gasteiger partial charge on any atom is 0.245 e. The van der Waals surface area contributed by atoms with Crippen molar-refractivity contribution in [3.63, 3.8) is 0 Å². The lowest BCUT2D eigenvalue weighted by Gasteiger charge is -2.26. The second-order valence-electron chi connectivity index (χ2n) is 2.95. The molecular formula is C7H17NO2Si. The highest BCUT2D eigenvalue weighted by molar-refractivity contribution is 6.15. The van der Waals surface area contributed by atoms with Crippen molar-refractivity contribution in [1.29, 1.82) is 0 Å². The highest BCUT2D eigenvalue weighted by Gasteiger charge is 2.29. The Morgan fingerprint density at radius 2 is 2.09 bits per heavy atom. The van der Waals surface area contributed by atoms with Gasteiger partial charge in [-0.05, 0) is 20.3 Å². The fraction of sp³-hybridized carbons (Fsp3) is 0.857. The lowest BCUT2D eigenvalue weighted by atomic mass is 10.0. The molecule has 0 aliphatic rings. The van der Waals surface area contributed by atoms with E-state index in [-0.39, 0.29) is 5.91 Å². The van der Waals surface area contributed by atoms with Crippen molar-refractivity contribution >= 4 is 16.3 Å². The van der Waals surface area contributed by atoms with Gasteiger partial charge in [0.15, 0.2) is 0 Å². The second kappa shape index (κ2) is 3.87. The van der Waals surface area contributed by atoms with Gasteiger partial charge in [0.05, 0.1) is 0 Å². The Balaban J connectivity index is 4.23. The van der Waals surface area contributed by atoms with E-state index in [0.29, 0.717) is 23.4 Å². The third-order valence-corrected chi connectivity index (χ3v) is 3.01. The van der Waals surface area contributed by atoms with Gasteiger partial charge < -0.3 is 9.67 Å². The van der Waals surface area contributed by atoms with E-state index in [1.165, 1.54) is 0 Å². The van der Waals surface area contributed by atoms with Crippen LogP contribution in [0, 0.1) is 0 Å². The molecule has 0 aromatic rings. The Morgan fingerprint density at radius 1 is 1.64 bits per heavy atom. The first kappa shape index (κ1) is 10.6. The molecule has 1 N–H and O–H groups in total. The van der Waals surface area contributed by atoms with E-state index in [1.54, 1.807) is 11.5 Å². The number of likely N-dealkylation sites (N-methyl/N-ethyl adjacent to an activating group) is 1. The number of carbonyl (C=O) groups excluding carboxylic acids is 1. The minimum Gasteiger partial charge on any atom is -0.380 e. The molecule has 0 heterocycles. The zero-order valence-electron chi connectivity index (χ0n) is 7.72. The molecule has 1 amide bonds. The number of nitrogens with zero attached hydrogens (tertiary/aromatic N) is 1. The molecule has 0 aliphatic carbocycles. The Morgan fingerprint density at radius 3 is 2.36 bits per heavy atom. The third kappa shape index (κ3) is 2.63. The van der Waals surface area contributed by atoms with E-state index in [9.17, 15) is 9.90 Å². The third-order valence-electron chi connectivity index (χ3n) is 1.97. The van der Waals surface area contributed by atoms with Crippen LogP contribution in [0.2, 0.25) is 0 Å². The van der Waals surface area contributed by atoms with Gasteiger partial charge >= 0.3 is 0 Å². The average molecular weight is 175 g/mol. The molecular weight excluding hydrogens is 158 g/mol. The van der Waals surface area contributed by atoms with Crippen LogP contribution in [0.1, 0.15) is 27.2 Å². The first-order valence-corrected chi connectivity index (χ1v) is 4.83. The van der Waals surface area contributed by atoms with Crippen LogP contribution in [0.4, 0.5) is 0 Å². The molecule has 3 nitrogen and oxygen atoms in total. The maximum atomic E-state index is 11.3. The van der Waals surface area contributed by atoms with E-state index < -0.39 is 5.60 Å². The van der Waals surface area contributed by atoms with E-state index in [1.807, 2.05) is 13.8 Å². The standard InChI is InChI=1S/C7H17NO2Si/c1-4-7(3,10)6(9)8(11)5-2/h10H,4-5H2,1-3,11H3. The lowest BCUT2D eigenvalue weighted by Crippen LogP contribution is -2.45. The van der Waals surface area contributed by atoms with Crippen molar-refractivity contribution in [2.24, 2.45) is 0 Å². The van der Waals surface area contributed by atoms with Gasteiger partial charge in [0.1, 0.15) is 16.0 Å².